The van der Waals surface area contributed by atoms with Crippen molar-refractivity contribution in [3.63, 3.8) is 0 Å². The van der Waals surface area contributed by atoms with Crippen LogP contribution in [0.2, 0.25) is 5.02 Å². The van der Waals surface area contributed by atoms with Crippen LogP contribution in [0.15, 0.2) is 30.3 Å². The number of carbonyl (C=O) groups excluding carboxylic acids is 1. The molecule has 0 unspecified atom stereocenters. The van der Waals surface area contributed by atoms with Gasteiger partial charge in [0.25, 0.3) is 5.91 Å². The SMILES string of the molecule is COc1cc(C(=O)NCc2cc(C#N)ccc2F)cc(Cl)c1O. The normalized spacial score (nSPS) is 10.0. The van der Waals surface area contributed by atoms with Crippen LogP contribution in [0.5, 0.6) is 11.5 Å². The van der Waals surface area contributed by atoms with Gasteiger partial charge >= 0.3 is 0 Å². The molecule has 0 heterocycles. The molecule has 1 amide bonds. The number of carbonyl (C=O) groups is 1. The van der Waals surface area contributed by atoms with Crippen molar-refractivity contribution in [3.8, 4) is 17.6 Å². The van der Waals surface area contributed by atoms with Crippen molar-refractivity contribution in [3.05, 3.63) is 57.9 Å². The lowest BCUT2D eigenvalue weighted by molar-refractivity contribution is 0.0950. The van der Waals surface area contributed by atoms with E-state index in [1.165, 1.54) is 37.4 Å². The third kappa shape index (κ3) is 3.71. The summed E-state index contributed by atoms with van der Waals surface area (Å²) in [5.74, 6) is -1.25. The Kier molecular flexibility index (Phi) is 5.04. The molecule has 0 aliphatic heterocycles. The second-order valence-electron chi connectivity index (χ2n) is 4.61. The summed E-state index contributed by atoms with van der Waals surface area (Å²) in [6.07, 6.45) is 0. The summed E-state index contributed by atoms with van der Waals surface area (Å²) < 4.78 is 18.6. The van der Waals surface area contributed by atoms with Gasteiger partial charge in [-0.1, -0.05) is 11.6 Å². The average Bonchev–Trinajstić information content (AvgIpc) is 2.56. The van der Waals surface area contributed by atoms with E-state index in [2.05, 4.69) is 5.32 Å². The maximum atomic E-state index is 13.7. The molecule has 2 N–H and O–H groups in total. The van der Waals surface area contributed by atoms with E-state index < -0.39 is 11.7 Å². The molecular weight excluding hydrogens is 323 g/mol. The zero-order valence-electron chi connectivity index (χ0n) is 12.1. The van der Waals surface area contributed by atoms with Crippen molar-refractivity contribution < 1.29 is 19.0 Å². The fraction of sp³-hybridized carbons (Fsp3) is 0.125. The van der Waals surface area contributed by atoms with Crippen LogP contribution in [0.1, 0.15) is 21.5 Å². The third-order valence-electron chi connectivity index (χ3n) is 3.12. The summed E-state index contributed by atoms with van der Waals surface area (Å²) in [6.45, 7) is -0.0962. The molecule has 0 atom stereocenters. The first-order valence-corrected chi connectivity index (χ1v) is 6.87. The minimum atomic E-state index is -0.523. The molecule has 5 nitrogen and oxygen atoms in total. The van der Waals surface area contributed by atoms with Gasteiger partial charge in [-0.2, -0.15) is 5.26 Å². The van der Waals surface area contributed by atoms with E-state index in [0.717, 1.165) is 0 Å². The van der Waals surface area contributed by atoms with Crippen molar-refractivity contribution in [2.24, 2.45) is 0 Å². The van der Waals surface area contributed by atoms with Crippen LogP contribution >= 0.6 is 11.6 Å². The Hall–Kier alpha value is -2.78. The van der Waals surface area contributed by atoms with E-state index in [0.29, 0.717) is 5.56 Å². The number of nitrogens with one attached hydrogen (secondary N) is 1. The minimum absolute atomic E-state index is 0.0350. The van der Waals surface area contributed by atoms with Gasteiger partial charge in [-0.3, -0.25) is 4.79 Å². The van der Waals surface area contributed by atoms with Crippen LogP contribution in [0.25, 0.3) is 0 Å². The van der Waals surface area contributed by atoms with Gasteiger partial charge in [0.15, 0.2) is 11.5 Å². The lowest BCUT2D eigenvalue weighted by Crippen LogP contribution is -2.23. The molecule has 7 heteroatoms. The lowest BCUT2D eigenvalue weighted by Gasteiger charge is -2.10. The molecule has 0 aliphatic rings. The van der Waals surface area contributed by atoms with Crippen LogP contribution in [-0.2, 0) is 6.54 Å². The second kappa shape index (κ2) is 6.99. The smallest absolute Gasteiger partial charge is 0.251 e. The van der Waals surface area contributed by atoms with E-state index >= 15 is 0 Å². The van der Waals surface area contributed by atoms with Gasteiger partial charge in [0.2, 0.25) is 0 Å². The summed E-state index contributed by atoms with van der Waals surface area (Å²) in [5.41, 5.74) is 0.640. The van der Waals surface area contributed by atoms with E-state index in [9.17, 15) is 14.3 Å². The summed E-state index contributed by atoms with van der Waals surface area (Å²) in [4.78, 5) is 12.1. The predicted molar refractivity (Wildman–Crippen MR) is 82.0 cm³/mol. The number of hydrogen-bond donors (Lipinski definition) is 2. The number of phenols is 1. The molecule has 0 spiro atoms. The Balaban J connectivity index is 2.17. The first-order chi connectivity index (χ1) is 11.0. The lowest BCUT2D eigenvalue weighted by atomic mass is 10.1. The largest absolute Gasteiger partial charge is 0.503 e. The van der Waals surface area contributed by atoms with Crippen LogP contribution < -0.4 is 10.1 Å². The molecule has 2 aromatic rings. The van der Waals surface area contributed by atoms with Crippen molar-refractivity contribution in [1.82, 2.24) is 5.32 Å². The predicted octanol–water partition coefficient (Wildman–Crippen LogP) is 2.99. The fourth-order valence-corrected chi connectivity index (χ4v) is 2.13. The first-order valence-electron chi connectivity index (χ1n) is 6.49. The number of ether oxygens (including phenoxy) is 1. The number of nitrogens with zero attached hydrogens (tertiary/aromatic N) is 1. The van der Waals surface area contributed by atoms with Crippen molar-refractivity contribution in [2.45, 2.75) is 6.54 Å². The van der Waals surface area contributed by atoms with Crippen molar-refractivity contribution in [1.29, 1.82) is 5.26 Å². The van der Waals surface area contributed by atoms with Gasteiger partial charge in [-0.05, 0) is 30.3 Å². The maximum Gasteiger partial charge on any atom is 0.251 e. The zero-order valence-corrected chi connectivity index (χ0v) is 12.8. The van der Waals surface area contributed by atoms with Crippen molar-refractivity contribution >= 4 is 17.5 Å². The molecule has 118 valence electrons. The van der Waals surface area contributed by atoms with Gasteiger partial charge in [-0.15, -0.1) is 0 Å². The van der Waals surface area contributed by atoms with E-state index in [1.54, 1.807) is 0 Å². The van der Waals surface area contributed by atoms with E-state index in [-0.39, 0.29) is 34.2 Å². The number of amides is 1. The molecule has 0 saturated carbocycles. The van der Waals surface area contributed by atoms with Crippen LogP contribution in [0.3, 0.4) is 0 Å². The summed E-state index contributed by atoms with van der Waals surface area (Å²) in [6, 6.07) is 8.37. The average molecular weight is 335 g/mol. The highest BCUT2D eigenvalue weighted by molar-refractivity contribution is 6.32. The standard InChI is InChI=1S/C16H12ClFN2O3/c1-23-14-6-10(5-12(17)15(14)21)16(22)20-8-11-4-9(7-19)2-3-13(11)18/h2-6,21H,8H2,1H3,(H,20,22). The molecular formula is C16H12ClFN2O3. The van der Waals surface area contributed by atoms with Gasteiger partial charge in [0.1, 0.15) is 5.82 Å². The quantitative estimate of drug-likeness (QED) is 0.900. The molecule has 0 aliphatic carbocycles. The molecule has 0 bridgehead atoms. The van der Waals surface area contributed by atoms with E-state index in [4.69, 9.17) is 21.6 Å². The van der Waals surface area contributed by atoms with Crippen LogP contribution in [0, 0.1) is 17.1 Å². The summed E-state index contributed by atoms with van der Waals surface area (Å²) >= 11 is 5.82. The maximum absolute atomic E-state index is 13.7. The number of nitriles is 1. The van der Waals surface area contributed by atoms with Gasteiger partial charge in [0.05, 0.1) is 23.8 Å². The van der Waals surface area contributed by atoms with Gasteiger partial charge in [0, 0.05) is 17.7 Å². The number of benzene rings is 2. The molecule has 0 aromatic heterocycles. The Morgan fingerprint density at radius 3 is 2.83 bits per heavy atom. The Labute approximate surface area is 136 Å². The van der Waals surface area contributed by atoms with E-state index in [1.807, 2.05) is 6.07 Å². The second-order valence-corrected chi connectivity index (χ2v) is 5.02. The summed E-state index contributed by atoms with van der Waals surface area (Å²) in [5, 5.41) is 20.9. The highest BCUT2D eigenvalue weighted by Gasteiger charge is 2.14. The fourth-order valence-electron chi connectivity index (χ4n) is 1.92. The number of hydrogen-bond acceptors (Lipinski definition) is 4. The number of rotatable bonds is 4. The Bertz CT molecular complexity index is 803. The zero-order chi connectivity index (χ0) is 17.0. The number of methoxy groups -OCH3 is 1. The topological polar surface area (TPSA) is 82.3 Å². The molecule has 0 radical (unpaired) electrons. The monoisotopic (exact) mass is 334 g/mol. The van der Waals surface area contributed by atoms with Crippen LogP contribution in [0.4, 0.5) is 4.39 Å². The Morgan fingerprint density at radius 1 is 1.43 bits per heavy atom. The summed E-state index contributed by atoms with van der Waals surface area (Å²) in [7, 11) is 1.33. The Morgan fingerprint density at radius 2 is 2.17 bits per heavy atom. The van der Waals surface area contributed by atoms with Crippen molar-refractivity contribution in [2.75, 3.05) is 7.11 Å². The molecule has 23 heavy (non-hydrogen) atoms. The molecule has 0 fully saturated rings. The molecule has 0 saturated heterocycles. The highest BCUT2D eigenvalue weighted by Crippen LogP contribution is 2.34. The number of halogens is 2. The van der Waals surface area contributed by atoms with Crippen LogP contribution in [-0.4, -0.2) is 18.1 Å². The molecule has 2 rings (SSSR count). The van der Waals surface area contributed by atoms with Gasteiger partial charge in [-0.25, -0.2) is 4.39 Å². The molecule has 2 aromatic carbocycles. The number of aromatic hydroxyl groups is 1. The minimum Gasteiger partial charge on any atom is -0.503 e. The van der Waals surface area contributed by atoms with Gasteiger partial charge < -0.3 is 15.2 Å². The third-order valence-corrected chi connectivity index (χ3v) is 3.41. The first kappa shape index (κ1) is 16.6. The highest BCUT2D eigenvalue weighted by atomic mass is 35.5. The number of phenolic OH excluding ortho intramolecular Hbond substituents is 1.